The van der Waals surface area contributed by atoms with Gasteiger partial charge < -0.3 is 14.2 Å². The zero-order valence-corrected chi connectivity index (χ0v) is 52.4. The molecule has 0 aromatic heterocycles. The van der Waals surface area contributed by atoms with Gasteiger partial charge in [-0.1, -0.05) is 272 Å². The highest BCUT2D eigenvalue weighted by molar-refractivity contribution is 5.72. The summed E-state index contributed by atoms with van der Waals surface area (Å²) in [6.45, 7) is 6.14. The minimum absolute atomic E-state index is 0.103. The standard InChI is InChI=1S/C77H114O6/c1-4-7-10-13-16-19-22-25-28-30-32-34-35-36-37-38-39-40-41-43-44-46-49-52-55-58-61-64-67-70-76(79)82-73-74(72-81-75(78)69-66-63-60-57-54-51-48-27-24-21-18-15-12-9-6-3)83-77(80)71-68-65-62-59-56-53-50-47-45-42-33-31-29-26-23-20-17-14-11-8-5-2/h7-12,16-21,25-29,32-34,36-37,39-40,42-44,47-48,50,54,56-57,59,63,66,74H,4-6,13-15,22-24,30-31,35,38,41,45-46,49,51-53,55,58,60-62,64-65,67-73H2,1-3H3/b10-7-,11-8-,12-9-,19-16-,20-17-,21-18-,28-25-,29-26-,34-32-,37-36-,40-39-,42-33-,44-43-,48-27-,50-47-,57-54-,59-56-,66-63-. The minimum Gasteiger partial charge on any atom is -0.462 e. The van der Waals surface area contributed by atoms with E-state index in [9.17, 15) is 14.4 Å². The lowest BCUT2D eigenvalue weighted by Crippen LogP contribution is -2.30. The third-order valence-electron chi connectivity index (χ3n) is 12.5. The van der Waals surface area contributed by atoms with E-state index in [0.29, 0.717) is 19.3 Å². The predicted octanol–water partition coefficient (Wildman–Crippen LogP) is 22.5. The van der Waals surface area contributed by atoms with Crippen LogP contribution in [0, 0.1) is 0 Å². The van der Waals surface area contributed by atoms with Gasteiger partial charge in [0.1, 0.15) is 13.2 Å². The number of rotatable bonds is 55. The molecule has 6 heteroatoms. The van der Waals surface area contributed by atoms with E-state index in [2.05, 4.69) is 227 Å². The first-order chi connectivity index (χ1) is 41.0. The van der Waals surface area contributed by atoms with Crippen molar-refractivity contribution >= 4 is 17.9 Å². The van der Waals surface area contributed by atoms with E-state index in [1.807, 2.05) is 6.08 Å². The van der Waals surface area contributed by atoms with E-state index in [1.165, 1.54) is 19.3 Å². The summed E-state index contributed by atoms with van der Waals surface area (Å²) in [5.74, 6) is -1.15. The Hall–Kier alpha value is -6.27. The Balaban J connectivity index is 4.56. The Labute approximate surface area is 508 Å². The first kappa shape index (κ1) is 76.7. The van der Waals surface area contributed by atoms with Gasteiger partial charge in [-0.2, -0.15) is 0 Å². The molecule has 6 nitrogen and oxygen atoms in total. The first-order valence-corrected chi connectivity index (χ1v) is 32.2. The second-order valence-corrected chi connectivity index (χ2v) is 20.2. The lowest BCUT2D eigenvalue weighted by atomic mass is 10.1. The summed E-state index contributed by atoms with van der Waals surface area (Å²) in [6.07, 6.45) is 107. The molecule has 0 aliphatic heterocycles. The quantitative estimate of drug-likeness (QED) is 0.0261. The molecular weight excluding hydrogens is 1020 g/mol. The number of hydrogen-bond acceptors (Lipinski definition) is 6. The maximum atomic E-state index is 12.9. The molecule has 0 bridgehead atoms. The number of ether oxygens (including phenoxy) is 3. The zero-order valence-electron chi connectivity index (χ0n) is 52.4. The Morgan fingerprint density at radius 2 is 0.482 bits per heavy atom. The van der Waals surface area contributed by atoms with Crippen molar-refractivity contribution in [1.29, 1.82) is 0 Å². The fourth-order valence-corrected chi connectivity index (χ4v) is 7.79. The summed E-state index contributed by atoms with van der Waals surface area (Å²) in [5, 5.41) is 0. The second-order valence-electron chi connectivity index (χ2n) is 20.2. The molecule has 0 amide bonds. The van der Waals surface area contributed by atoms with Crippen LogP contribution in [0.2, 0.25) is 0 Å². The van der Waals surface area contributed by atoms with Gasteiger partial charge in [0, 0.05) is 12.8 Å². The van der Waals surface area contributed by atoms with Crippen LogP contribution >= 0.6 is 0 Å². The van der Waals surface area contributed by atoms with Crippen LogP contribution in [0.3, 0.4) is 0 Å². The SMILES string of the molecule is CC/C=C\C/C=C\C/C=C\C/C=C\C/C=C\C/C=C\C/C=C\CCCCCCCCCC(=O)OCC(COC(=O)C/C=C\C/C=C\C/C=C\C/C=C\C/C=C\CC)OC(=O)CCCC/C=C\C/C=C\C/C=C\C/C=C\C/C=C\C/C=C\CC. The van der Waals surface area contributed by atoms with Crippen molar-refractivity contribution in [2.45, 2.75) is 232 Å². The van der Waals surface area contributed by atoms with Gasteiger partial charge in [0.05, 0.1) is 6.42 Å². The summed E-state index contributed by atoms with van der Waals surface area (Å²) >= 11 is 0. The maximum Gasteiger partial charge on any atom is 0.309 e. The molecule has 0 rings (SSSR count). The van der Waals surface area contributed by atoms with E-state index in [1.54, 1.807) is 6.08 Å². The van der Waals surface area contributed by atoms with Gasteiger partial charge in [-0.05, 0) is 154 Å². The number of hydrogen-bond donors (Lipinski definition) is 0. The summed E-state index contributed by atoms with van der Waals surface area (Å²) in [6, 6.07) is 0. The van der Waals surface area contributed by atoms with Gasteiger partial charge in [0.2, 0.25) is 0 Å². The molecule has 0 aliphatic carbocycles. The summed E-state index contributed by atoms with van der Waals surface area (Å²) in [4.78, 5) is 38.3. The Bertz CT molecular complexity index is 2080. The first-order valence-electron chi connectivity index (χ1n) is 32.2. The molecule has 0 saturated heterocycles. The van der Waals surface area contributed by atoms with Crippen molar-refractivity contribution in [1.82, 2.24) is 0 Å². The molecule has 0 N–H and O–H groups in total. The highest BCUT2D eigenvalue weighted by atomic mass is 16.6. The molecule has 0 fully saturated rings. The molecule has 0 spiro atoms. The van der Waals surface area contributed by atoms with Crippen LogP contribution < -0.4 is 0 Å². The van der Waals surface area contributed by atoms with Crippen molar-refractivity contribution in [3.05, 3.63) is 219 Å². The number of carbonyl (C=O) groups excluding carboxylic acids is 3. The van der Waals surface area contributed by atoms with Crippen molar-refractivity contribution in [2.24, 2.45) is 0 Å². The molecule has 458 valence electrons. The lowest BCUT2D eigenvalue weighted by Gasteiger charge is -2.18. The Kier molecular flexibility index (Phi) is 63.1. The van der Waals surface area contributed by atoms with Crippen molar-refractivity contribution in [2.75, 3.05) is 13.2 Å². The molecule has 0 heterocycles. The van der Waals surface area contributed by atoms with Crippen LogP contribution in [-0.2, 0) is 28.6 Å². The average molecular weight is 1140 g/mol. The van der Waals surface area contributed by atoms with Crippen LogP contribution in [0.5, 0.6) is 0 Å². The average Bonchev–Trinajstić information content (AvgIpc) is 3.49. The molecule has 1 atom stereocenters. The molecule has 0 aromatic rings. The van der Waals surface area contributed by atoms with Gasteiger partial charge in [0.15, 0.2) is 6.10 Å². The number of allylic oxidation sites excluding steroid dienone is 35. The van der Waals surface area contributed by atoms with E-state index >= 15 is 0 Å². The lowest BCUT2D eigenvalue weighted by molar-refractivity contribution is -0.166. The molecule has 1 unspecified atom stereocenters. The van der Waals surface area contributed by atoms with Gasteiger partial charge in [-0.25, -0.2) is 0 Å². The monoisotopic (exact) mass is 1130 g/mol. The van der Waals surface area contributed by atoms with E-state index < -0.39 is 12.1 Å². The molecule has 83 heavy (non-hydrogen) atoms. The number of unbranched alkanes of at least 4 members (excludes halogenated alkanes) is 9. The molecule has 0 aromatic carbocycles. The van der Waals surface area contributed by atoms with Crippen LogP contribution in [0.1, 0.15) is 226 Å². The fraction of sp³-hybridized carbons (Fsp3) is 0.494. The van der Waals surface area contributed by atoms with Crippen molar-refractivity contribution in [3.63, 3.8) is 0 Å². The topological polar surface area (TPSA) is 78.9 Å². The summed E-state index contributed by atoms with van der Waals surface area (Å²) < 4.78 is 16.8. The minimum atomic E-state index is -0.862. The predicted molar refractivity (Wildman–Crippen MR) is 361 cm³/mol. The van der Waals surface area contributed by atoms with E-state index in [4.69, 9.17) is 14.2 Å². The normalized spacial score (nSPS) is 13.6. The largest absolute Gasteiger partial charge is 0.462 e. The van der Waals surface area contributed by atoms with Crippen molar-refractivity contribution in [3.8, 4) is 0 Å². The van der Waals surface area contributed by atoms with Crippen LogP contribution in [0.15, 0.2) is 219 Å². The smallest absolute Gasteiger partial charge is 0.309 e. The van der Waals surface area contributed by atoms with E-state index in [0.717, 1.165) is 154 Å². The third-order valence-corrected chi connectivity index (χ3v) is 12.5. The van der Waals surface area contributed by atoms with Gasteiger partial charge in [-0.3, -0.25) is 14.4 Å². The Morgan fingerprint density at radius 3 is 0.807 bits per heavy atom. The molecular formula is C77H114O6. The van der Waals surface area contributed by atoms with Gasteiger partial charge in [-0.15, -0.1) is 0 Å². The Morgan fingerprint density at radius 1 is 0.253 bits per heavy atom. The van der Waals surface area contributed by atoms with Crippen LogP contribution in [0.4, 0.5) is 0 Å². The third kappa shape index (κ3) is 66.4. The van der Waals surface area contributed by atoms with Crippen LogP contribution in [-0.4, -0.2) is 37.2 Å². The summed E-state index contributed by atoms with van der Waals surface area (Å²) in [5.41, 5.74) is 0. The van der Waals surface area contributed by atoms with Gasteiger partial charge >= 0.3 is 17.9 Å². The zero-order chi connectivity index (χ0) is 59.9. The van der Waals surface area contributed by atoms with Crippen LogP contribution in [0.25, 0.3) is 0 Å². The molecule has 0 radical (unpaired) electrons. The molecule has 0 saturated carbocycles. The maximum absolute atomic E-state index is 12.9. The molecule has 0 aliphatic rings. The van der Waals surface area contributed by atoms with Gasteiger partial charge in [0.25, 0.3) is 0 Å². The summed E-state index contributed by atoms with van der Waals surface area (Å²) in [7, 11) is 0. The number of carbonyl (C=O) groups is 3. The highest BCUT2D eigenvalue weighted by Crippen LogP contribution is 2.12. The highest BCUT2D eigenvalue weighted by Gasteiger charge is 2.19. The van der Waals surface area contributed by atoms with E-state index in [-0.39, 0.29) is 38.0 Å². The number of esters is 3. The second kappa shape index (κ2) is 68.2. The van der Waals surface area contributed by atoms with Crippen molar-refractivity contribution < 1.29 is 28.6 Å². The fourth-order valence-electron chi connectivity index (χ4n) is 7.79.